The minimum absolute atomic E-state index is 0.386. The van der Waals surface area contributed by atoms with Gasteiger partial charge in [0.15, 0.2) is 0 Å². The molecule has 21 heavy (non-hydrogen) atoms. The molecule has 1 aromatic carbocycles. The van der Waals surface area contributed by atoms with Crippen LogP contribution >= 0.6 is 0 Å². The molecule has 0 aliphatic heterocycles. The minimum Gasteiger partial charge on any atom is -0.497 e. The molecular weight excluding hydrogens is 268 g/mol. The van der Waals surface area contributed by atoms with Gasteiger partial charge in [0, 0.05) is 12.6 Å². The smallest absolute Gasteiger partial charge is 0.148 e. The summed E-state index contributed by atoms with van der Waals surface area (Å²) in [6, 6.07) is 5.63. The monoisotopic (exact) mass is 290 g/mol. The van der Waals surface area contributed by atoms with Crippen LogP contribution in [0.1, 0.15) is 31.2 Å². The molecule has 0 aliphatic carbocycles. The molecule has 2 aromatic rings. The molecule has 0 spiro atoms. The summed E-state index contributed by atoms with van der Waals surface area (Å²) < 4.78 is 12.5. The lowest BCUT2D eigenvalue weighted by molar-refractivity contribution is 0.392. The first-order valence-electron chi connectivity index (χ1n) is 7.11. The van der Waals surface area contributed by atoms with Crippen molar-refractivity contribution in [3.8, 4) is 17.2 Å². The Kier molecular flexibility index (Phi) is 5.16. The van der Waals surface area contributed by atoms with Crippen molar-refractivity contribution in [2.45, 2.75) is 32.7 Å². The molecule has 2 rings (SSSR count). The summed E-state index contributed by atoms with van der Waals surface area (Å²) in [4.78, 5) is 0. The number of nitrogens with zero attached hydrogens (tertiary/aromatic N) is 3. The number of hydrogen-bond donors (Lipinski definition) is 1. The molecule has 0 amide bonds. The van der Waals surface area contributed by atoms with Crippen molar-refractivity contribution in [2.75, 3.05) is 14.2 Å². The molecule has 2 N–H and O–H groups in total. The number of aromatic nitrogens is 3. The van der Waals surface area contributed by atoms with E-state index in [2.05, 4.69) is 17.2 Å². The first-order chi connectivity index (χ1) is 10.2. The molecule has 0 aliphatic rings. The third-order valence-corrected chi connectivity index (χ3v) is 3.42. The second kappa shape index (κ2) is 7.08. The van der Waals surface area contributed by atoms with E-state index in [0.29, 0.717) is 12.3 Å². The van der Waals surface area contributed by atoms with Gasteiger partial charge in [0.1, 0.15) is 17.2 Å². The third-order valence-electron chi connectivity index (χ3n) is 3.42. The Morgan fingerprint density at radius 3 is 2.67 bits per heavy atom. The lowest BCUT2D eigenvalue weighted by atomic mass is 10.1. The summed E-state index contributed by atoms with van der Waals surface area (Å²) in [5, 5.41) is 8.42. The Hall–Kier alpha value is -2.08. The van der Waals surface area contributed by atoms with Crippen LogP contribution in [0.2, 0.25) is 0 Å². The van der Waals surface area contributed by atoms with Gasteiger partial charge in [-0.25, -0.2) is 4.68 Å². The largest absolute Gasteiger partial charge is 0.497 e. The van der Waals surface area contributed by atoms with Crippen LogP contribution in [0.4, 0.5) is 0 Å². The van der Waals surface area contributed by atoms with Crippen LogP contribution in [-0.4, -0.2) is 29.2 Å². The second-order valence-corrected chi connectivity index (χ2v) is 4.74. The standard InChI is InChI=1S/C15H22N4O2/c1-4-5-6-13-12(10-16)17-18-19(13)14-8-7-11(20-2)9-15(14)21-3/h7-9H,4-6,10,16H2,1-3H3. The van der Waals surface area contributed by atoms with Crippen molar-refractivity contribution >= 4 is 0 Å². The van der Waals surface area contributed by atoms with Gasteiger partial charge in [-0.05, 0) is 25.0 Å². The lowest BCUT2D eigenvalue weighted by Crippen LogP contribution is -2.07. The van der Waals surface area contributed by atoms with E-state index < -0.39 is 0 Å². The molecule has 1 aromatic heterocycles. The highest BCUT2D eigenvalue weighted by Gasteiger charge is 2.16. The van der Waals surface area contributed by atoms with E-state index in [-0.39, 0.29) is 0 Å². The highest BCUT2D eigenvalue weighted by molar-refractivity contribution is 5.51. The van der Waals surface area contributed by atoms with Gasteiger partial charge in [0.05, 0.1) is 25.6 Å². The predicted octanol–water partition coefficient (Wildman–Crippen LogP) is 2.09. The highest BCUT2D eigenvalue weighted by atomic mass is 16.5. The maximum Gasteiger partial charge on any atom is 0.148 e. The summed E-state index contributed by atoms with van der Waals surface area (Å²) in [5.41, 5.74) is 8.49. The van der Waals surface area contributed by atoms with Crippen molar-refractivity contribution in [3.05, 3.63) is 29.6 Å². The van der Waals surface area contributed by atoms with Crippen molar-refractivity contribution in [1.82, 2.24) is 15.0 Å². The molecule has 6 nitrogen and oxygen atoms in total. The van der Waals surface area contributed by atoms with Gasteiger partial charge >= 0.3 is 0 Å². The molecule has 114 valence electrons. The molecule has 0 radical (unpaired) electrons. The number of methoxy groups -OCH3 is 2. The average Bonchev–Trinajstić information content (AvgIpc) is 2.94. The van der Waals surface area contributed by atoms with E-state index in [0.717, 1.165) is 42.1 Å². The third kappa shape index (κ3) is 3.16. The molecule has 0 unspecified atom stereocenters. The van der Waals surface area contributed by atoms with Crippen molar-refractivity contribution in [3.63, 3.8) is 0 Å². The second-order valence-electron chi connectivity index (χ2n) is 4.74. The Labute approximate surface area is 124 Å². The number of unbranched alkanes of at least 4 members (excludes halogenated alkanes) is 1. The van der Waals surface area contributed by atoms with Gasteiger partial charge in [-0.1, -0.05) is 18.6 Å². The fourth-order valence-corrected chi connectivity index (χ4v) is 2.24. The van der Waals surface area contributed by atoms with E-state index in [4.69, 9.17) is 15.2 Å². The first-order valence-corrected chi connectivity index (χ1v) is 7.11. The van der Waals surface area contributed by atoms with Gasteiger partial charge in [-0.3, -0.25) is 0 Å². The molecule has 6 heteroatoms. The number of hydrogen-bond acceptors (Lipinski definition) is 5. The van der Waals surface area contributed by atoms with E-state index in [1.807, 2.05) is 22.9 Å². The lowest BCUT2D eigenvalue weighted by Gasteiger charge is -2.12. The number of nitrogens with two attached hydrogens (primary N) is 1. The zero-order valence-corrected chi connectivity index (χ0v) is 12.8. The number of rotatable bonds is 7. The normalized spacial score (nSPS) is 10.7. The topological polar surface area (TPSA) is 75.2 Å². The fourth-order valence-electron chi connectivity index (χ4n) is 2.24. The van der Waals surface area contributed by atoms with E-state index >= 15 is 0 Å². The Morgan fingerprint density at radius 2 is 2.05 bits per heavy atom. The fraction of sp³-hybridized carbons (Fsp3) is 0.467. The van der Waals surface area contributed by atoms with Gasteiger partial charge in [-0.15, -0.1) is 5.10 Å². The zero-order chi connectivity index (χ0) is 15.2. The summed E-state index contributed by atoms with van der Waals surface area (Å²) in [6.07, 6.45) is 3.07. The Balaban J connectivity index is 2.48. The van der Waals surface area contributed by atoms with Crippen LogP contribution in [0.3, 0.4) is 0 Å². The van der Waals surface area contributed by atoms with Crippen LogP contribution in [0.25, 0.3) is 5.69 Å². The van der Waals surface area contributed by atoms with Crippen molar-refractivity contribution in [1.29, 1.82) is 0 Å². The number of ether oxygens (including phenoxy) is 2. The Bertz CT molecular complexity index is 595. The van der Waals surface area contributed by atoms with Crippen LogP contribution in [0.15, 0.2) is 18.2 Å². The molecule has 0 fully saturated rings. The minimum atomic E-state index is 0.386. The van der Waals surface area contributed by atoms with Gasteiger partial charge in [-0.2, -0.15) is 0 Å². The predicted molar refractivity (Wildman–Crippen MR) is 81.0 cm³/mol. The van der Waals surface area contributed by atoms with Crippen molar-refractivity contribution in [2.24, 2.45) is 5.73 Å². The first kappa shape index (κ1) is 15.3. The SMILES string of the molecule is CCCCc1c(CN)nnn1-c1ccc(OC)cc1OC. The number of benzene rings is 1. The van der Waals surface area contributed by atoms with Crippen LogP contribution in [0, 0.1) is 0 Å². The van der Waals surface area contributed by atoms with Gasteiger partial charge in [0.25, 0.3) is 0 Å². The molecule has 0 saturated heterocycles. The summed E-state index contributed by atoms with van der Waals surface area (Å²) in [7, 11) is 3.26. The molecule has 0 atom stereocenters. The maximum absolute atomic E-state index is 5.76. The quantitative estimate of drug-likeness (QED) is 0.845. The van der Waals surface area contributed by atoms with E-state index in [9.17, 15) is 0 Å². The van der Waals surface area contributed by atoms with Crippen LogP contribution in [0.5, 0.6) is 11.5 Å². The Morgan fingerprint density at radius 1 is 1.24 bits per heavy atom. The van der Waals surface area contributed by atoms with E-state index in [1.54, 1.807) is 14.2 Å². The van der Waals surface area contributed by atoms with Crippen LogP contribution < -0.4 is 15.2 Å². The highest BCUT2D eigenvalue weighted by Crippen LogP contribution is 2.29. The maximum atomic E-state index is 5.76. The van der Waals surface area contributed by atoms with Gasteiger partial charge < -0.3 is 15.2 Å². The molecular formula is C15H22N4O2. The molecule has 0 bridgehead atoms. The summed E-state index contributed by atoms with van der Waals surface area (Å²) in [6.45, 7) is 2.54. The van der Waals surface area contributed by atoms with E-state index in [1.165, 1.54) is 0 Å². The zero-order valence-electron chi connectivity index (χ0n) is 12.8. The summed E-state index contributed by atoms with van der Waals surface area (Å²) in [5.74, 6) is 1.44. The van der Waals surface area contributed by atoms with Gasteiger partial charge in [0.2, 0.25) is 0 Å². The molecule has 0 saturated carbocycles. The molecule has 1 heterocycles. The van der Waals surface area contributed by atoms with Crippen molar-refractivity contribution < 1.29 is 9.47 Å². The summed E-state index contributed by atoms with van der Waals surface area (Å²) >= 11 is 0. The average molecular weight is 290 g/mol. The van der Waals surface area contributed by atoms with Crippen LogP contribution in [-0.2, 0) is 13.0 Å².